The van der Waals surface area contributed by atoms with Gasteiger partial charge in [-0.3, -0.25) is 4.90 Å². The molecule has 1 N–H and O–H groups in total. The predicted molar refractivity (Wildman–Crippen MR) is 73.8 cm³/mol. The van der Waals surface area contributed by atoms with Crippen LogP contribution in [0.15, 0.2) is 16.6 Å². The predicted octanol–water partition coefficient (Wildman–Crippen LogP) is 2.20. The molecule has 1 fully saturated rings. The van der Waals surface area contributed by atoms with Gasteiger partial charge in [0.25, 0.3) is 0 Å². The molecule has 18 heavy (non-hydrogen) atoms. The summed E-state index contributed by atoms with van der Waals surface area (Å²) in [5, 5.41) is 9.19. The van der Waals surface area contributed by atoms with E-state index in [4.69, 9.17) is 4.74 Å². The van der Waals surface area contributed by atoms with Gasteiger partial charge in [0.05, 0.1) is 6.61 Å². The lowest BCUT2D eigenvalue weighted by Gasteiger charge is -2.18. The Balaban J connectivity index is 1.77. The van der Waals surface area contributed by atoms with Crippen LogP contribution in [0, 0.1) is 5.92 Å². The molecular weight excluding hydrogens is 294 g/mol. The van der Waals surface area contributed by atoms with Crippen molar-refractivity contribution in [3.63, 3.8) is 0 Å². The highest BCUT2D eigenvalue weighted by Gasteiger charge is 2.24. The average molecular weight is 312 g/mol. The molecule has 3 rings (SSSR count). The number of fused-ring (bicyclic) bond motifs is 1. The van der Waals surface area contributed by atoms with E-state index in [2.05, 4.69) is 33.0 Å². The highest BCUT2D eigenvalue weighted by molar-refractivity contribution is 9.10. The van der Waals surface area contributed by atoms with Crippen LogP contribution >= 0.6 is 15.9 Å². The van der Waals surface area contributed by atoms with E-state index < -0.39 is 0 Å². The molecule has 1 atom stereocenters. The first-order chi connectivity index (χ1) is 8.76. The maximum atomic E-state index is 9.19. The Labute approximate surface area is 116 Å². The van der Waals surface area contributed by atoms with Crippen molar-refractivity contribution >= 4 is 15.9 Å². The zero-order valence-electron chi connectivity index (χ0n) is 10.4. The summed E-state index contributed by atoms with van der Waals surface area (Å²) in [5.41, 5.74) is 2.59. The molecule has 0 saturated carbocycles. The number of hydrogen-bond acceptors (Lipinski definition) is 3. The molecule has 2 aliphatic heterocycles. The van der Waals surface area contributed by atoms with Crippen LogP contribution in [0.4, 0.5) is 0 Å². The lowest BCUT2D eigenvalue weighted by atomic mass is 10.1. The third-order valence-electron chi connectivity index (χ3n) is 3.85. The van der Waals surface area contributed by atoms with E-state index in [9.17, 15) is 5.11 Å². The number of aliphatic hydroxyl groups is 1. The monoisotopic (exact) mass is 311 g/mol. The van der Waals surface area contributed by atoms with Crippen LogP contribution in [0.1, 0.15) is 17.5 Å². The van der Waals surface area contributed by atoms with E-state index in [0.717, 1.165) is 49.3 Å². The Morgan fingerprint density at radius 3 is 3.11 bits per heavy atom. The summed E-state index contributed by atoms with van der Waals surface area (Å²) in [4.78, 5) is 2.41. The lowest BCUT2D eigenvalue weighted by Crippen LogP contribution is -2.21. The molecule has 0 spiro atoms. The van der Waals surface area contributed by atoms with Crippen LogP contribution in [0.5, 0.6) is 5.75 Å². The van der Waals surface area contributed by atoms with Gasteiger partial charge in [0.1, 0.15) is 5.75 Å². The van der Waals surface area contributed by atoms with Crippen molar-refractivity contribution in [3.8, 4) is 5.75 Å². The summed E-state index contributed by atoms with van der Waals surface area (Å²) in [6.45, 7) is 4.12. The third kappa shape index (κ3) is 2.42. The molecule has 0 aliphatic carbocycles. The fraction of sp³-hybridized carbons (Fsp3) is 0.571. The fourth-order valence-corrected chi connectivity index (χ4v) is 3.46. The van der Waals surface area contributed by atoms with Gasteiger partial charge in [-0.2, -0.15) is 0 Å². The summed E-state index contributed by atoms with van der Waals surface area (Å²) < 4.78 is 6.89. The number of likely N-dealkylation sites (tertiary alicyclic amines) is 1. The normalized spacial score (nSPS) is 23.1. The third-order valence-corrected chi connectivity index (χ3v) is 4.31. The topological polar surface area (TPSA) is 32.7 Å². The van der Waals surface area contributed by atoms with E-state index in [1.54, 1.807) is 0 Å². The second kappa shape index (κ2) is 5.19. The van der Waals surface area contributed by atoms with Crippen molar-refractivity contribution < 1.29 is 9.84 Å². The van der Waals surface area contributed by atoms with E-state index in [1.165, 1.54) is 11.1 Å². The average Bonchev–Trinajstić information content (AvgIpc) is 2.97. The first kappa shape index (κ1) is 12.5. The molecule has 1 saturated heterocycles. The molecule has 1 aromatic rings. The van der Waals surface area contributed by atoms with Crippen molar-refractivity contribution in [1.82, 2.24) is 4.90 Å². The zero-order chi connectivity index (χ0) is 12.5. The molecule has 0 bridgehead atoms. The summed E-state index contributed by atoms with van der Waals surface area (Å²) >= 11 is 3.58. The zero-order valence-corrected chi connectivity index (χ0v) is 11.9. The molecule has 2 aliphatic rings. The molecule has 0 amide bonds. The van der Waals surface area contributed by atoms with E-state index in [0.29, 0.717) is 12.5 Å². The fourth-order valence-electron chi connectivity index (χ4n) is 2.91. The summed E-state index contributed by atoms with van der Waals surface area (Å²) in [5.74, 6) is 1.54. The SMILES string of the molecule is OCC1CCN(Cc2cc(Br)cc3c2OCC3)C1. The van der Waals surface area contributed by atoms with Crippen molar-refractivity contribution in [2.75, 3.05) is 26.3 Å². The van der Waals surface area contributed by atoms with Crippen molar-refractivity contribution in [1.29, 1.82) is 0 Å². The Morgan fingerprint density at radius 1 is 1.44 bits per heavy atom. The van der Waals surface area contributed by atoms with Crippen LogP contribution in [0.2, 0.25) is 0 Å². The van der Waals surface area contributed by atoms with E-state index in [1.807, 2.05) is 0 Å². The number of hydrogen-bond donors (Lipinski definition) is 1. The number of nitrogens with zero attached hydrogens (tertiary/aromatic N) is 1. The van der Waals surface area contributed by atoms with E-state index in [-0.39, 0.29) is 0 Å². The Hall–Kier alpha value is -0.580. The number of benzene rings is 1. The largest absolute Gasteiger partial charge is 0.493 e. The van der Waals surface area contributed by atoms with E-state index >= 15 is 0 Å². The molecule has 4 heteroatoms. The second-order valence-corrected chi connectivity index (χ2v) is 6.14. The number of halogens is 1. The molecule has 0 radical (unpaired) electrons. The van der Waals surface area contributed by atoms with Gasteiger partial charge in [-0.25, -0.2) is 0 Å². The maximum Gasteiger partial charge on any atom is 0.127 e. The van der Waals surface area contributed by atoms with Gasteiger partial charge in [0.2, 0.25) is 0 Å². The van der Waals surface area contributed by atoms with Gasteiger partial charge in [0, 0.05) is 36.2 Å². The highest BCUT2D eigenvalue weighted by atomic mass is 79.9. The van der Waals surface area contributed by atoms with Gasteiger partial charge < -0.3 is 9.84 Å². The molecule has 98 valence electrons. The minimum atomic E-state index is 0.309. The lowest BCUT2D eigenvalue weighted by molar-refractivity contribution is 0.219. The first-order valence-corrected chi connectivity index (χ1v) is 7.33. The quantitative estimate of drug-likeness (QED) is 0.929. The van der Waals surface area contributed by atoms with Gasteiger partial charge in [-0.05, 0) is 36.6 Å². The Morgan fingerprint density at radius 2 is 2.33 bits per heavy atom. The molecule has 1 unspecified atom stereocenters. The van der Waals surface area contributed by atoms with Gasteiger partial charge in [-0.15, -0.1) is 0 Å². The maximum absolute atomic E-state index is 9.19. The minimum Gasteiger partial charge on any atom is -0.493 e. The molecule has 1 aromatic carbocycles. The summed E-state index contributed by atoms with van der Waals surface area (Å²) in [7, 11) is 0. The van der Waals surface area contributed by atoms with Gasteiger partial charge >= 0.3 is 0 Å². The molecular formula is C14H18BrNO2. The van der Waals surface area contributed by atoms with Crippen molar-refractivity contribution in [3.05, 3.63) is 27.7 Å². The number of rotatable bonds is 3. The Bertz CT molecular complexity index is 450. The number of aliphatic hydroxyl groups excluding tert-OH is 1. The summed E-state index contributed by atoms with van der Waals surface area (Å²) in [6, 6.07) is 4.32. The van der Waals surface area contributed by atoms with Crippen molar-refractivity contribution in [2.45, 2.75) is 19.4 Å². The van der Waals surface area contributed by atoms with Gasteiger partial charge in [0.15, 0.2) is 0 Å². The summed E-state index contributed by atoms with van der Waals surface area (Å²) in [6.07, 6.45) is 2.12. The van der Waals surface area contributed by atoms with Crippen LogP contribution in [-0.2, 0) is 13.0 Å². The van der Waals surface area contributed by atoms with Crippen LogP contribution in [0.3, 0.4) is 0 Å². The molecule has 3 nitrogen and oxygen atoms in total. The van der Waals surface area contributed by atoms with Crippen LogP contribution in [-0.4, -0.2) is 36.3 Å². The van der Waals surface area contributed by atoms with Gasteiger partial charge in [-0.1, -0.05) is 15.9 Å². The highest BCUT2D eigenvalue weighted by Crippen LogP contribution is 2.34. The van der Waals surface area contributed by atoms with Crippen LogP contribution < -0.4 is 4.74 Å². The Kier molecular flexibility index (Phi) is 3.59. The van der Waals surface area contributed by atoms with Crippen molar-refractivity contribution in [2.24, 2.45) is 5.92 Å². The number of ether oxygens (including phenoxy) is 1. The second-order valence-electron chi connectivity index (χ2n) is 5.22. The standard InChI is InChI=1S/C14H18BrNO2/c15-13-5-11-2-4-18-14(11)12(6-13)8-16-3-1-10(7-16)9-17/h5-6,10,17H,1-4,7-9H2. The molecule has 0 aromatic heterocycles. The first-order valence-electron chi connectivity index (χ1n) is 6.53. The minimum absolute atomic E-state index is 0.309. The smallest absolute Gasteiger partial charge is 0.127 e. The van der Waals surface area contributed by atoms with Crippen LogP contribution in [0.25, 0.3) is 0 Å². The molecule has 2 heterocycles.